The molecule has 0 aliphatic heterocycles. The molecule has 104 valence electrons. The molecule has 2 rings (SSSR count). The zero-order valence-corrected chi connectivity index (χ0v) is 12.4. The van der Waals surface area contributed by atoms with E-state index in [4.69, 9.17) is 28.3 Å². The maximum absolute atomic E-state index is 13.3. The number of rotatable bonds is 4. The summed E-state index contributed by atoms with van der Waals surface area (Å²) in [4.78, 5) is 11.5. The molecule has 1 N–H and O–H groups in total. The Morgan fingerprint density at radius 3 is 2.55 bits per heavy atom. The first kappa shape index (κ1) is 15.2. The van der Waals surface area contributed by atoms with Crippen LogP contribution in [0.4, 0.5) is 4.39 Å². The molecule has 0 amide bonds. The first-order valence-corrected chi connectivity index (χ1v) is 7.31. The zero-order chi connectivity index (χ0) is 14.7. The molecule has 0 saturated carbocycles. The highest BCUT2D eigenvalue weighted by atomic mass is 35.5. The summed E-state index contributed by atoms with van der Waals surface area (Å²) in [6, 6.07) is 9.30. The normalized spacial score (nSPS) is 10.6. The lowest BCUT2D eigenvalue weighted by atomic mass is 10.2. The Labute approximate surface area is 129 Å². The number of benzene rings is 2. The quantitative estimate of drug-likeness (QED) is 0.790. The van der Waals surface area contributed by atoms with Crippen molar-refractivity contribution in [2.24, 2.45) is 0 Å². The summed E-state index contributed by atoms with van der Waals surface area (Å²) in [5.74, 6) is -1.43. The Hall–Kier alpha value is -1.23. The Balaban J connectivity index is 2.12. The van der Waals surface area contributed by atoms with Gasteiger partial charge in [-0.3, -0.25) is 0 Å². The Bertz CT molecular complexity index is 662. The van der Waals surface area contributed by atoms with Crippen molar-refractivity contribution in [1.82, 2.24) is 0 Å². The van der Waals surface area contributed by atoms with E-state index < -0.39 is 11.8 Å². The molecular weight excluding hydrogens is 322 g/mol. The minimum Gasteiger partial charge on any atom is -0.478 e. The number of carbonyl (C=O) groups is 1. The van der Waals surface area contributed by atoms with E-state index in [9.17, 15) is 9.18 Å². The molecule has 0 aliphatic carbocycles. The van der Waals surface area contributed by atoms with Gasteiger partial charge >= 0.3 is 5.97 Å². The van der Waals surface area contributed by atoms with Gasteiger partial charge in [0.2, 0.25) is 0 Å². The zero-order valence-electron chi connectivity index (χ0n) is 10.1. The molecule has 0 atom stereocenters. The van der Waals surface area contributed by atoms with Gasteiger partial charge in [-0.25, -0.2) is 9.18 Å². The minimum absolute atomic E-state index is 0.330. The monoisotopic (exact) mass is 330 g/mol. The second kappa shape index (κ2) is 6.48. The molecule has 20 heavy (non-hydrogen) atoms. The molecule has 0 radical (unpaired) electrons. The van der Waals surface area contributed by atoms with Crippen molar-refractivity contribution in [1.29, 1.82) is 0 Å². The highest BCUT2D eigenvalue weighted by Crippen LogP contribution is 2.28. The minimum atomic E-state index is -1.28. The predicted octanol–water partition coefficient (Wildman–Crippen LogP) is 5.12. The smallest absolute Gasteiger partial charge is 0.338 e. The fourth-order valence-corrected chi connectivity index (χ4v) is 2.75. The first-order valence-electron chi connectivity index (χ1n) is 5.57. The van der Waals surface area contributed by atoms with Crippen molar-refractivity contribution >= 4 is 40.9 Å². The number of thioether (sulfide) groups is 1. The van der Waals surface area contributed by atoms with E-state index in [1.54, 1.807) is 18.2 Å². The third-order valence-electron chi connectivity index (χ3n) is 2.56. The van der Waals surface area contributed by atoms with Crippen LogP contribution in [0.1, 0.15) is 15.9 Å². The number of aromatic carboxylic acids is 1. The second-order valence-electron chi connectivity index (χ2n) is 3.98. The maximum Gasteiger partial charge on any atom is 0.338 e. The van der Waals surface area contributed by atoms with Crippen LogP contribution in [0, 0.1) is 5.82 Å². The summed E-state index contributed by atoms with van der Waals surface area (Å²) in [6.45, 7) is 0. The summed E-state index contributed by atoms with van der Waals surface area (Å²) >= 11 is 13.1. The van der Waals surface area contributed by atoms with E-state index in [2.05, 4.69) is 0 Å². The number of hydrogen-bond acceptors (Lipinski definition) is 2. The van der Waals surface area contributed by atoms with Crippen LogP contribution in [0.25, 0.3) is 0 Å². The molecule has 0 saturated heterocycles. The van der Waals surface area contributed by atoms with E-state index >= 15 is 0 Å². The molecule has 0 aliphatic rings. The summed E-state index contributed by atoms with van der Waals surface area (Å²) in [6.07, 6.45) is 0. The summed E-state index contributed by atoms with van der Waals surface area (Å²) in [7, 11) is 0. The first-order chi connectivity index (χ1) is 9.47. The van der Waals surface area contributed by atoms with Gasteiger partial charge in [-0.2, -0.15) is 0 Å². The molecule has 0 spiro atoms. The molecule has 0 heterocycles. The van der Waals surface area contributed by atoms with Crippen LogP contribution in [0.5, 0.6) is 0 Å². The Morgan fingerprint density at radius 1 is 1.15 bits per heavy atom. The molecule has 0 fully saturated rings. The standard InChI is InChI=1S/C14H9Cl2FO2S/c15-11-3-1-8(5-12(11)16)7-20-9-2-4-13(17)10(6-9)14(18)19/h1-6H,7H2,(H,18,19). The third-order valence-corrected chi connectivity index (χ3v) is 4.36. The lowest BCUT2D eigenvalue weighted by Gasteiger charge is -2.05. The van der Waals surface area contributed by atoms with Gasteiger partial charge in [-0.05, 0) is 35.9 Å². The van der Waals surface area contributed by atoms with Gasteiger partial charge in [0, 0.05) is 10.6 Å². The second-order valence-corrected chi connectivity index (χ2v) is 5.85. The molecule has 2 aromatic carbocycles. The number of carboxylic acid groups (broad SMARTS) is 1. The fourth-order valence-electron chi connectivity index (χ4n) is 1.55. The summed E-state index contributed by atoms with van der Waals surface area (Å²) in [5, 5.41) is 9.81. The van der Waals surface area contributed by atoms with Gasteiger partial charge in [0.25, 0.3) is 0 Å². The van der Waals surface area contributed by atoms with Gasteiger partial charge in [-0.1, -0.05) is 29.3 Å². The van der Waals surface area contributed by atoms with Crippen LogP contribution in [0.15, 0.2) is 41.3 Å². The average molecular weight is 331 g/mol. The lowest BCUT2D eigenvalue weighted by molar-refractivity contribution is 0.0691. The van der Waals surface area contributed by atoms with Crippen LogP contribution < -0.4 is 0 Å². The van der Waals surface area contributed by atoms with Crippen molar-refractivity contribution in [3.8, 4) is 0 Å². The van der Waals surface area contributed by atoms with Crippen molar-refractivity contribution in [3.05, 3.63) is 63.4 Å². The molecule has 6 heteroatoms. The van der Waals surface area contributed by atoms with E-state index in [0.29, 0.717) is 20.7 Å². The largest absolute Gasteiger partial charge is 0.478 e. The molecule has 0 unspecified atom stereocenters. The maximum atomic E-state index is 13.3. The van der Waals surface area contributed by atoms with Crippen molar-refractivity contribution < 1.29 is 14.3 Å². The average Bonchev–Trinajstić information content (AvgIpc) is 2.41. The highest BCUT2D eigenvalue weighted by molar-refractivity contribution is 7.98. The number of halogens is 3. The van der Waals surface area contributed by atoms with Crippen LogP contribution in [0.2, 0.25) is 10.0 Å². The van der Waals surface area contributed by atoms with Crippen molar-refractivity contribution in [2.45, 2.75) is 10.6 Å². The molecule has 2 nitrogen and oxygen atoms in total. The van der Waals surface area contributed by atoms with E-state index in [1.165, 1.54) is 17.8 Å². The predicted molar refractivity (Wildman–Crippen MR) is 79.4 cm³/mol. The van der Waals surface area contributed by atoms with Crippen molar-refractivity contribution in [3.63, 3.8) is 0 Å². The highest BCUT2D eigenvalue weighted by Gasteiger charge is 2.11. The Kier molecular flexibility index (Phi) is 4.91. The van der Waals surface area contributed by atoms with Gasteiger partial charge < -0.3 is 5.11 Å². The SMILES string of the molecule is O=C(O)c1cc(SCc2ccc(Cl)c(Cl)c2)ccc1F. The third kappa shape index (κ3) is 3.66. The summed E-state index contributed by atoms with van der Waals surface area (Å²) in [5.41, 5.74) is 0.620. The van der Waals surface area contributed by atoms with Gasteiger partial charge in [0.05, 0.1) is 15.6 Å². The summed E-state index contributed by atoms with van der Waals surface area (Å²) < 4.78 is 13.3. The number of carboxylic acids is 1. The van der Waals surface area contributed by atoms with Gasteiger partial charge in [0.1, 0.15) is 5.82 Å². The lowest BCUT2D eigenvalue weighted by Crippen LogP contribution is -2.00. The van der Waals surface area contributed by atoms with Crippen molar-refractivity contribution in [2.75, 3.05) is 0 Å². The van der Waals surface area contributed by atoms with Gasteiger partial charge in [-0.15, -0.1) is 11.8 Å². The van der Waals surface area contributed by atoms with E-state index in [-0.39, 0.29) is 5.56 Å². The van der Waals surface area contributed by atoms with E-state index in [0.717, 1.165) is 11.6 Å². The molecule has 0 aromatic heterocycles. The van der Waals surface area contributed by atoms with E-state index in [1.807, 2.05) is 6.07 Å². The topological polar surface area (TPSA) is 37.3 Å². The van der Waals surface area contributed by atoms with Gasteiger partial charge in [0.15, 0.2) is 0 Å². The molecule has 2 aromatic rings. The van der Waals surface area contributed by atoms with Crippen LogP contribution in [0.3, 0.4) is 0 Å². The fraction of sp³-hybridized carbons (Fsp3) is 0.0714. The number of hydrogen-bond donors (Lipinski definition) is 1. The van der Waals surface area contributed by atoms with Crippen LogP contribution in [-0.2, 0) is 5.75 Å². The van der Waals surface area contributed by atoms with Crippen LogP contribution >= 0.6 is 35.0 Å². The Morgan fingerprint density at radius 2 is 1.90 bits per heavy atom. The molecule has 0 bridgehead atoms. The van der Waals surface area contributed by atoms with Crippen LogP contribution in [-0.4, -0.2) is 11.1 Å². The molecular formula is C14H9Cl2FO2S.